The van der Waals surface area contributed by atoms with Crippen molar-refractivity contribution in [3.8, 4) is 11.5 Å². The molecular weight excluding hydrogens is 246 g/mol. The fourth-order valence-corrected chi connectivity index (χ4v) is 4.09. The second kappa shape index (κ2) is 5.02. The van der Waals surface area contributed by atoms with E-state index in [-0.39, 0.29) is 12.1 Å². The summed E-state index contributed by atoms with van der Waals surface area (Å²) in [7, 11) is 1.68. The van der Waals surface area contributed by atoms with Crippen LogP contribution in [0.25, 0.3) is 0 Å². The third-order valence-corrected chi connectivity index (χ3v) is 5.06. The molecule has 2 unspecified atom stereocenters. The Morgan fingerprint density at radius 1 is 1.44 bits per heavy atom. The highest BCUT2D eigenvalue weighted by Crippen LogP contribution is 2.40. The van der Waals surface area contributed by atoms with E-state index in [0.717, 1.165) is 23.5 Å². The number of ether oxygens (including phenoxy) is 2. The van der Waals surface area contributed by atoms with E-state index in [0.29, 0.717) is 5.92 Å². The van der Waals surface area contributed by atoms with E-state index in [2.05, 4.69) is 0 Å². The van der Waals surface area contributed by atoms with Crippen molar-refractivity contribution < 1.29 is 9.47 Å². The number of methoxy groups -OCH3 is 1. The predicted octanol–water partition coefficient (Wildman–Crippen LogP) is 2.60. The van der Waals surface area contributed by atoms with Crippen LogP contribution in [0, 0.1) is 5.92 Å². The third kappa shape index (κ3) is 2.19. The van der Waals surface area contributed by atoms with Crippen LogP contribution in [0.15, 0.2) is 18.2 Å². The molecule has 0 radical (unpaired) electrons. The Morgan fingerprint density at radius 2 is 2.33 bits per heavy atom. The highest BCUT2D eigenvalue weighted by molar-refractivity contribution is 7.99. The molecule has 4 heteroatoms. The third-order valence-electron chi connectivity index (χ3n) is 3.88. The van der Waals surface area contributed by atoms with Crippen molar-refractivity contribution in [2.45, 2.75) is 25.0 Å². The molecule has 0 aliphatic carbocycles. The molecule has 2 heterocycles. The lowest BCUT2D eigenvalue weighted by molar-refractivity contribution is 0.110. The lowest BCUT2D eigenvalue weighted by Crippen LogP contribution is -2.35. The summed E-state index contributed by atoms with van der Waals surface area (Å²) in [6.45, 7) is 0. The van der Waals surface area contributed by atoms with Gasteiger partial charge in [-0.1, -0.05) is 6.07 Å². The molecule has 98 valence electrons. The SMILES string of the molecule is COc1ccc2c(c1)OC(C1CCSC1)C[C@H]2N. The normalized spacial score (nSPS) is 30.7. The monoisotopic (exact) mass is 265 g/mol. The summed E-state index contributed by atoms with van der Waals surface area (Å²) >= 11 is 2.02. The zero-order valence-electron chi connectivity index (χ0n) is 10.6. The van der Waals surface area contributed by atoms with Crippen molar-refractivity contribution in [2.75, 3.05) is 18.6 Å². The minimum absolute atomic E-state index is 0.0928. The highest BCUT2D eigenvalue weighted by Gasteiger charge is 2.33. The lowest BCUT2D eigenvalue weighted by atomic mass is 9.90. The van der Waals surface area contributed by atoms with Gasteiger partial charge >= 0.3 is 0 Å². The van der Waals surface area contributed by atoms with Crippen molar-refractivity contribution in [3.63, 3.8) is 0 Å². The van der Waals surface area contributed by atoms with Crippen molar-refractivity contribution in [3.05, 3.63) is 23.8 Å². The second-order valence-corrected chi connectivity index (χ2v) is 6.18. The Morgan fingerprint density at radius 3 is 3.06 bits per heavy atom. The molecule has 2 N–H and O–H groups in total. The summed E-state index contributed by atoms with van der Waals surface area (Å²) in [4.78, 5) is 0. The molecule has 0 amide bonds. The van der Waals surface area contributed by atoms with Crippen molar-refractivity contribution in [1.82, 2.24) is 0 Å². The van der Waals surface area contributed by atoms with Gasteiger partial charge in [-0.15, -0.1) is 0 Å². The molecule has 0 bridgehead atoms. The van der Waals surface area contributed by atoms with Crippen LogP contribution in [-0.2, 0) is 0 Å². The van der Waals surface area contributed by atoms with Gasteiger partial charge in [-0.05, 0) is 24.0 Å². The summed E-state index contributed by atoms with van der Waals surface area (Å²) in [5.41, 5.74) is 7.38. The van der Waals surface area contributed by atoms with Crippen LogP contribution in [0.5, 0.6) is 11.5 Å². The first-order chi connectivity index (χ1) is 8.78. The van der Waals surface area contributed by atoms with Gasteiger partial charge in [0.1, 0.15) is 17.6 Å². The maximum Gasteiger partial charge on any atom is 0.128 e. The van der Waals surface area contributed by atoms with E-state index in [9.17, 15) is 0 Å². The number of thioether (sulfide) groups is 1. The van der Waals surface area contributed by atoms with E-state index in [1.807, 2.05) is 30.0 Å². The molecule has 1 fully saturated rings. The Kier molecular flexibility index (Phi) is 3.39. The molecule has 2 aliphatic rings. The largest absolute Gasteiger partial charge is 0.497 e. The first-order valence-corrected chi connectivity index (χ1v) is 7.61. The molecule has 1 aromatic carbocycles. The number of fused-ring (bicyclic) bond motifs is 1. The van der Waals surface area contributed by atoms with Gasteiger partial charge in [0.05, 0.1) is 7.11 Å². The molecule has 0 saturated carbocycles. The van der Waals surface area contributed by atoms with Crippen LogP contribution in [0.1, 0.15) is 24.4 Å². The van der Waals surface area contributed by atoms with E-state index in [1.165, 1.54) is 17.9 Å². The topological polar surface area (TPSA) is 44.5 Å². The van der Waals surface area contributed by atoms with Gasteiger partial charge in [0.2, 0.25) is 0 Å². The number of benzene rings is 1. The van der Waals surface area contributed by atoms with Gasteiger partial charge in [-0.2, -0.15) is 11.8 Å². The number of hydrogen-bond acceptors (Lipinski definition) is 4. The summed E-state index contributed by atoms with van der Waals surface area (Å²) < 4.78 is 11.4. The Hall–Kier alpha value is -0.870. The van der Waals surface area contributed by atoms with Gasteiger partial charge in [-0.25, -0.2) is 0 Å². The highest BCUT2D eigenvalue weighted by atomic mass is 32.2. The molecule has 0 spiro atoms. The fourth-order valence-electron chi connectivity index (χ4n) is 2.77. The van der Waals surface area contributed by atoms with Crippen LogP contribution in [0.2, 0.25) is 0 Å². The Labute approximate surface area is 112 Å². The number of nitrogens with two attached hydrogens (primary N) is 1. The fraction of sp³-hybridized carbons (Fsp3) is 0.571. The van der Waals surface area contributed by atoms with Gasteiger partial charge < -0.3 is 15.2 Å². The summed E-state index contributed by atoms with van der Waals surface area (Å²) in [5, 5.41) is 0. The molecular formula is C14H19NO2S. The average molecular weight is 265 g/mol. The summed E-state index contributed by atoms with van der Waals surface area (Å²) in [6, 6.07) is 6.03. The standard InChI is InChI=1S/C14H19NO2S/c1-16-10-2-3-11-12(15)7-13(17-14(11)6-10)9-4-5-18-8-9/h2-3,6,9,12-13H,4-5,7-8,15H2,1H3/t9?,12-,13?/m1/s1. The van der Waals surface area contributed by atoms with Crippen LogP contribution in [0.4, 0.5) is 0 Å². The van der Waals surface area contributed by atoms with Gasteiger partial charge in [-0.3, -0.25) is 0 Å². The molecule has 1 saturated heterocycles. The molecule has 1 aromatic rings. The van der Waals surface area contributed by atoms with Crippen LogP contribution in [-0.4, -0.2) is 24.7 Å². The first kappa shape index (κ1) is 12.2. The van der Waals surface area contributed by atoms with E-state index < -0.39 is 0 Å². The predicted molar refractivity (Wildman–Crippen MR) is 74.4 cm³/mol. The van der Waals surface area contributed by atoms with E-state index >= 15 is 0 Å². The number of rotatable bonds is 2. The number of hydrogen-bond donors (Lipinski definition) is 1. The maximum absolute atomic E-state index is 6.27. The second-order valence-electron chi connectivity index (χ2n) is 5.03. The molecule has 3 atom stereocenters. The summed E-state index contributed by atoms with van der Waals surface area (Å²) in [5.74, 6) is 4.86. The van der Waals surface area contributed by atoms with E-state index in [4.69, 9.17) is 15.2 Å². The van der Waals surface area contributed by atoms with Crippen molar-refractivity contribution in [2.24, 2.45) is 11.7 Å². The zero-order chi connectivity index (χ0) is 12.5. The smallest absolute Gasteiger partial charge is 0.128 e. The van der Waals surface area contributed by atoms with Crippen molar-refractivity contribution in [1.29, 1.82) is 0 Å². The quantitative estimate of drug-likeness (QED) is 0.892. The zero-order valence-corrected chi connectivity index (χ0v) is 11.4. The lowest BCUT2D eigenvalue weighted by Gasteiger charge is -2.33. The first-order valence-electron chi connectivity index (χ1n) is 6.46. The molecule has 3 nitrogen and oxygen atoms in total. The van der Waals surface area contributed by atoms with Gasteiger partial charge in [0.25, 0.3) is 0 Å². The molecule has 3 rings (SSSR count). The van der Waals surface area contributed by atoms with Crippen LogP contribution in [0.3, 0.4) is 0 Å². The molecule has 2 aliphatic heterocycles. The average Bonchev–Trinajstić information content (AvgIpc) is 2.91. The van der Waals surface area contributed by atoms with Gasteiger partial charge in [0.15, 0.2) is 0 Å². The molecule has 18 heavy (non-hydrogen) atoms. The minimum atomic E-state index is 0.0928. The maximum atomic E-state index is 6.27. The Bertz CT molecular complexity index is 432. The van der Waals surface area contributed by atoms with Gasteiger partial charge in [0, 0.05) is 30.0 Å². The van der Waals surface area contributed by atoms with Crippen molar-refractivity contribution >= 4 is 11.8 Å². The minimum Gasteiger partial charge on any atom is -0.497 e. The van der Waals surface area contributed by atoms with Crippen LogP contribution >= 0.6 is 11.8 Å². The molecule has 0 aromatic heterocycles. The van der Waals surface area contributed by atoms with Crippen LogP contribution < -0.4 is 15.2 Å². The Balaban J connectivity index is 1.85. The summed E-state index contributed by atoms with van der Waals surface area (Å²) in [6.07, 6.45) is 2.46. The van der Waals surface area contributed by atoms with E-state index in [1.54, 1.807) is 7.11 Å².